The Labute approximate surface area is 275 Å². The number of rotatable bonds is 10. The third kappa shape index (κ3) is 7.76. The van der Waals surface area contributed by atoms with Crippen LogP contribution < -0.4 is 16.0 Å². The van der Waals surface area contributed by atoms with Gasteiger partial charge in [-0.2, -0.15) is 13.2 Å². The van der Waals surface area contributed by atoms with Crippen molar-refractivity contribution in [2.45, 2.75) is 18.8 Å². The second-order valence-electron chi connectivity index (χ2n) is 11.2. The zero-order valence-corrected chi connectivity index (χ0v) is 25.7. The normalized spacial score (nSPS) is 12.0. The summed E-state index contributed by atoms with van der Waals surface area (Å²) in [7, 11) is 0. The lowest BCUT2D eigenvalue weighted by Gasteiger charge is -2.20. The fourth-order valence-corrected chi connectivity index (χ4v) is 5.43. The number of fused-ring (bicyclic) bond motifs is 1. The van der Waals surface area contributed by atoms with Gasteiger partial charge < -0.3 is 16.0 Å². The van der Waals surface area contributed by atoms with E-state index in [-0.39, 0.29) is 17.5 Å². The summed E-state index contributed by atoms with van der Waals surface area (Å²) in [5, 5.41) is 10.1. The molecule has 1 aromatic heterocycles. The van der Waals surface area contributed by atoms with E-state index in [0.29, 0.717) is 46.5 Å². The van der Waals surface area contributed by atoms with Gasteiger partial charge in [-0.1, -0.05) is 91.0 Å². The van der Waals surface area contributed by atoms with Gasteiger partial charge in [-0.15, -0.1) is 0 Å². The van der Waals surface area contributed by atoms with E-state index in [1.807, 2.05) is 60.7 Å². The fraction of sp³-hybridized carbons (Fsp3) is 0.103. The van der Waals surface area contributed by atoms with Crippen LogP contribution in [-0.2, 0) is 12.7 Å². The van der Waals surface area contributed by atoms with Crippen LogP contribution in [0.1, 0.15) is 43.4 Å². The van der Waals surface area contributed by atoms with Gasteiger partial charge in [-0.25, -0.2) is 4.98 Å². The molecule has 0 bridgehead atoms. The molecule has 0 saturated heterocycles. The molecule has 0 aliphatic rings. The van der Waals surface area contributed by atoms with Gasteiger partial charge in [0.1, 0.15) is 5.82 Å². The molecule has 0 fully saturated rings. The van der Waals surface area contributed by atoms with E-state index in [1.54, 1.807) is 54.6 Å². The summed E-state index contributed by atoms with van der Waals surface area (Å²) in [5.74, 6) is -0.397. The summed E-state index contributed by atoms with van der Waals surface area (Å²) < 4.78 is 39.2. The number of carbonyl (C=O) groups excluding carboxylic acids is 2. The second-order valence-corrected chi connectivity index (χ2v) is 11.2. The highest BCUT2D eigenvalue weighted by atomic mass is 19.4. The minimum atomic E-state index is -4.45. The number of hydrogen-bond acceptors (Lipinski definition) is 4. The van der Waals surface area contributed by atoms with Crippen molar-refractivity contribution in [2.75, 3.05) is 11.9 Å². The molecule has 9 heteroatoms. The Kier molecular flexibility index (Phi) is 9.59. The maximum atomic E-state index is 13.4. The Morgan fingerprint density at radius 1 is 0.708 bits per heavy atom. The van der Waals surface area contributed by atoms with Crippen molar-refractivity contribution < 1.29 is 22.8 Å². The standard InChI is InChI=1S/C39H31F3N4O2/c40-39(41,42)31-19-15-27(16-20-31)32-13-7-8-14-33(32)38(48)46-36-22-18-29-23-30(17-21-34(29)44-36)37(47)45-35(28-11-5-2-6-12-28)25-43-24-26-9-3-1-4-10-26/h1-23,35,43H,24-25H2,(H,45,47)(H,44,46,48)/t35-/m1/s1. The third-order valence-corrected chi connectivity index (χ3v) is 7.92. The molecular weight excluding hydrogens is 613 g/mol. The average molecular weight is 645 g/mol. The van der Waals surface area contributed by atoms with Crippen LogP contribution in [0.25, 0.3) is 22.0 Å². The molecule has 0 unspecified atom stereocenters. The number of nitrogens with zero attached hydrogens (tertiary/aromatic N) is 1. The Morgan fingerprint density at radius 3 is 2.12 bits per heavy atom. The predicted molar refractivity (Wildman–Crippen MR) is 181 cm³/mol. The predicted octanol–water partition coefficient (Wildman–Crippen LogP) is 8.43. The van der Waals surface area contributed by atoms with Crippen molar-refractivity contribution in [2.24, 2.45) is 0 Å². The van der Waals surface area contributed by atoms with E-state index in [4.69, 9.17) is 0 Å². The second kappa shape index (κ2) is 14.3. The van der Waals surface area contributed by atoms with Gasteiger partial charge in [-0.3, -0.25) is 9.59 Å². The Hall–Kier alpha value is -5.80. The number of carbonyl (C=O) groups is 2. The zero-order chi connectivity index (χ0) is 33.5. The summed E-state index contributed by atoms with van der Waals surface area (Å²) >= 11 is 0. The summed E-state index contributed by atoms with van der Waals surface area (Å²) in [4.78, 5) is 31.3. The van der Waals surface area contributed by atoms with E-state index in [1.165, 1.54) is 12.1 Å². The Morgan fingerprint density at radius 2 is 1.40 bits per heavy atom. The lowest BCUT2D eigenvalue weighted by molar-refractivity contribution is -0.137. The van der Waals surface area contributed by atoms with Crippen LogP contribution >= 0.6 is 0 Å². The first-order chi connectivity index (χ1) is 23.2. The maximum absolute atomic E-state index is 13.4. The Balaban J connectivity index is 1.15. The maximum Gasteiger partial charge on any atom is 0.416 e. The van der Waals surface area contributed by atoms with Gasteiger partial charge in [0.2, 0.25) is 0 Å². The number of hydrogen-bond donors (Lipinski definition) is 3. The summed E-state index contributed by atoms with van der Waals surface area (Å²) in [6.45, 7) is 1.20. The SMILES string of the molecule is O=C(N[C@H](CNCc1ccccc1)c1ccccc1)c1ccc2nc(NC(=O)c3ccccc3-c3ccc(C(F)(F)F)cc3)ccc2c1. The number of nitrogens with one attached hydrogen (secondary N) is 3. The lowest BCUT2D eigenvalue weighted by Crippen LogP contribution is -2.35. The van der Waals surface area contributed by atoms with E-state index in [9.17, 15) is 22.8 Å². The molecular formula is C39H31F3N4O2. The molecule has 5 aromatic carbocycles. The summed E-state index contributed by atoms with van der Waals surface area (Å²) in [5.41, 5.74) is 3.67. The molecule has 3 N–H and O–H groups in total. The molecule has 0 aliphatic carbocycles. The molecule has 1 atom stereocenters. The van der Waals surface area contributed by atoms with Crippen LogP contribution in [0.5, 0.6) is 0 Å². The third-order valence-electron chi connectivity index (χ3n) is 7.92. The van der Waals surface area contributed by atoms with Crippen LogP contribution in [0.3, 0.4) is 0 Å². The number of pyridine rings is 1. The first-order valence-corrected chi connectivity index (χ1v) is 15.3. The first kappa shape index (κ1) is 32.2. The van der Waals surface area contributed by atoms with Crippen molar-refractivity contribution in [3.8, 4) is 11.1 Å². The van der Waals surface area contributed by atoms with Crippen molar-refractivity contribution >= 4 is 28.5 Å². The number of benzene rings is 5. The van der Waals surface area contributed by atoms with Gasteiger partial charge in [0.05, 0.1) is 17.1 Å². The van der Waals surface area contributed by atoms with Crippen molar-refractivity contribution in [1.29, 1.82) is 0 Å². The molecule has 0 saturated carbocycles. The molecule has 6 nitrogen and oxygen atoms in total. The van der Waals surface area contributed by atoms with E-state index in [2.05, 4.69) is 20.9 Å². The van der Waals surface area contributed by atoms with Crippen molar-refractivity contribution in [3.05, 3.63) is 167 Å². The smallest absolute Gasteiger partial charge is 0.344 e. The zero-order valence-electron chi connectivity index (χ0n) is 25.7. The molecule has 48 heavy (non-hydrogen) atoms. The van der Waals surface area contributed by atoms with Crippen molar-refractivity contribution in [3.63, 3.8) is 0 Å². The molecule has 240 valence electrons. The fourth-order valence-electron chi connectivity index (χ4n) is 5.43. The van der Waals surface area contributed by atoms with Gasteiger partial charge in [0, 0.05) is 29.6 Å². The lowest BCUT2D eigenvalue weighted by atomic mass is 9.98. The van der Waals surface area contributed by atoms with Crippen molar-refractivity contribution in [1.82, 2.24) is 15.6 Å². The molecule has 6 aromatic rings. The highest BCUT2D eigenvalue weighted by molar-refractivity contribution is 6.08. The highest BCUT2D eigenvalue weighted by Crippen LogP contribution is 2.32. The van der Waals surface area contributed by atoms with Crippen LogP contribution in [0, 0.1) is 0 Å². The summed E-state index contributed by atoms with van der Waals surface area (Å²) in [6, 6.07) is 39.5. The van der Waals surface area contributed by atoms with E-state index < -0.39 is 17.6 Å². The molecule has 0 aliphatic heterocycles. The minimum absolute atomic E-state index is 0.232. The van der Waals surface area contributed by atoms with Crippen LogP contribution in [0.2, 0.25) is 0 Å². The van der Waals surface area contributed by atoms with Gasteiger partial charge in [0.15, 0.2) is 0 Å². The topological polar surface area (TPSA) is 83.1 Å². The average Bonchev–Trinajstić information content (AvgIpc) is 3.11. The number of amides is 2. The molecule has 0 radical (unpaired) electrons. The number of anilines is 1. The van der Waals surface area contributed by atoms with E-state index in [0.717, 1.165) is 23.3 Å². The number of alkyl halides is 3. The highest BCUT2D eigenvalue weighted by Gasteiger charge is 2.30. The van der Waals surface area contributed by atoms with Gasteiger partial charge in [-0.05, 0) is 70.8 Å². The molecule has 2 amide bonds. The van der Waals surface area contributed by atoms with Crippen LogP contribution in [-0.4, -0.2) is 23.3 Å². The monoisotopic (exact) mass is 644 g/mol. The van der Waals surface area contributed by atoms with E-state index >= 15 is 0 Å². The quantitative estimate of drug-likeness (QED) is 0.140. The molecule has 1 heterocycles. The minimum Gasteiger partial charge on any atom is -0.344 e. The van der Waals surface area contributed by atoms with Crippen LogP contribution in [0.15, 0.2) is 140 Å². The number of aromatic nitrogens is 1. The summed E-state index contributed by atoms with van der Waals surface area (Å²) in [6.07, 6.45) is -4.45. The van der Waals surface area contributed by atoms with Gasteiger partial charge in [0.25, 0.3) is 11.8 Å². The molecule has 0 spiro atoms. The largest absolute Gasteiger partial charge is 0.416 e. The number of halogens is 3. The van der Waals surface area contributed by atoms with Crippen LogP contribution in [0.4, 0.5) is 19.0 Å². The Bertz CT molecular complexity index is 2030. The molecule has 6 rings (SSSR count). The first-order valence-electron chi connectivity index (χ1n) is 15.3. The van der Waals surface area contributed by atoms with Gasteiger partial charge >= 0.3 is 6.18 Å².